The molecule has 1 aromatic rings. The second-order valence-corrected chi connectivity index (χ2v) is 2.50. The lowest BCUT2D eigenvalue weighted by Crippen LogP contribution is -1.94. The molecular formula is C11H11O. The zero-order valence-corrected chi connectivity index (χ0v) is 7.13. The molecule has 0 N–H and O–H groups in total. The smallest absolute Gasteiger partial charge is 0.119 e. The zero-order valence-electron chi connectivity index (χ0n) is 7.13. The zero-order chi connectivity index (χ0) is 8.81. The summed E-state index contributed by atoms with van der Waals surface area (Å²) in [5.41, 5.74) is 0.777. The Balaban J connectivity index is 2.60. The third-order valence-electron chi connectivity index (χ3n) is 1.47. The average molecular weight is 159 g/mol. The Morgan fingerprint density at radius 1 is 1.33 bits per heavy atom. The van der Waals surface area contributed by atoms with Gasteiger partial charge in [-0.15, -0.1) is 0 Å². The van der Waals surface area contributed by atoms with Crippen LogP contribution in [0.25, 0.3) is 0 Å². The van der Waals surface area contributed by atoms with Crippen LogP contribution in [0, 0.1) is 12.3 Å². The van der Waals surface area contributed by atoms with E-state index in [9.17, 15) is 0 Å². The first-order valence-electron chi connectivity index (χ1n) is 4.02. The molecule has 0 aromatic heterocycles. The fourth-order valence-corrected chi connectivity index (χ4v) is 0.854. The van der Waals surface area contributed by atoms with Crippen LogP contribution in [0.4, 0.5) is 0 Å². The van der Waals surface area contributed by atoms with Crippen LogP contribution in [0.5, 0.6) is 5.75 Å². The van der Waals surface area contributed by atoms with Crippen molar-refractivity contribution in [1.82, 2.24) is 0 Å². The molecule has 1 aromatic carbocycles. The molecule has 0 spiro atoms. The summed E-state index contributed by atoms with van der Waals surface area (Å²) in [5, 5.41) is 0. The van der Waals surface area contributed by atoms with Gasteiger partial charge in [-0.05, 0) is 37.1 Å². The highest BCUT2D eigenvalue weighted by Gasteiger charge is 1.91. The summed E-state index contributed by atoms with van der Waals surface area (Å²) in [6, 6.07) is 7.34. The lowest BCUT2D eigenvalue weighted by Gasteiger charge is -2.02. The minimum absolute atomic E-state index is 0.744. The minimum atomic E-state index is 0.744. The minimum Gasteiger partial charge on any atom is -0.494 e. The lowest BCUT2D eigenvalue weighted by atomic mass is 10.2. The van der Waals surface area contributed by atoms with Gasteiger partial charge in [0.2, 0.25) is 0 Å². The molecule has 0 bridgehead atoms. The Labute approximate surface area is 73.4 Å². The molecule has 0 atom stereocenters. The number of hydrogen-bond donors (Lipinski definition) is 0. The predicted molar refractivity (Wildman–Crippen MR) is 48.5 cm³/mol. The third-order valence-corrected chi connectivity index (χ3v) is 1.47. The molecule has 0 fully saturated rings. The summed E-state index contributed by atoms with van der Waals surface area (Å²) >= 11 is 0. The monoisotopic (exact) mass is 159 g/mol. The van der Waals surface area contributed by atoms with Gasteiger partial charge in [-0.25, -0.2) is 0 Å². The highest BCUT2D eigenvalue weighted by Crippen LogP contribution is 2.11. The molecule has 0 saturated heterocycles. The first-order chi connectivity index (χ1) is 5.86. The van der Waals surface area contributed by atoms with Gasteiger partial charge in [-0.2, -0.15) is 0 Å². The van der Waals surface area contributed by atoms with E-state index in [1.54, 1.807) is 0 Å². The molecule has 0 aliphatic carbocycles. The van der Waals surface area contributed by atoms with E-state index in [0.717, 1.165) is 24.3 Å². The van der Waals surface area contributed by atoms with E-state index in [-0.39, 0.29) is 0 Å². The van der Waals surface area contributed by atoms with E-state index in [4.69, 9.17) is 11.2 Å². The Bertz CT molecular complexity index is 266. The maximum absolute atomic E-state index is 6.86. The van der Waals surface area contributed by atoms with E-state index < -0.39 is 0 Å². The van der Waals surface area contributed by atoms with Crippen molar-refractivity contribution in [3.05, 3.63) is 36.3 Å². The molecule has 1 heteroatoms. The third kappa shape index (κ3) is 2.32. The Kier molecular flexibility index (Phi) is 3.22. The van der Waals surface area contributed by atoms with Gasteiger partial charge >= 0.3 is 0 Å². The predicted octanol–water partition coefficient (Wildman–Crippen LogP) is 2.41. The fraction of sp³-hybridized carbons (Fsp3) is 0.273. The van der Waals surface area contributed by atoms with Crippen LogP contribution in [-0.4, -0.2) is 6.61 Å². The number of rotatable bonds is 3. The summed E-state index contributed by atoms with van der Waals surface area (Å²) in [6.45, 7) is 2.81. The van der Waals surface area contributed by atoms with Crippen LogP contribution in [0.15, 0.2) is 24.3 Å². The van der Waals surface area contributed by atoms with Crippen molar-refractivity contribution in [1.29, 1.82) is 0 Å². The molecule has 0 amide bonds. The van der Waals surface area contributed by atoms with Gasteiger partial charge < -0.3 is 4.74 Å². The molecule has 12 heavy (non-hydrogen) atoms. The van der Waals surface area contributed by atoms with Crippen LogP contribution in [0.2, 0.25) is 0 Å². The van der Waals surface area contributed by atoms with Crippen molar-refractivity contribution >= 4 is 0 Å². The van der Waals surface area contributed by atoms with Gasteiger partial charge in [0.05, 0.1) is 6.61 Å². The summed E-state index contributed by atoms with van der Waals surface area (Å²) in [7, 11) is 0. The quantitative estimate of drug-likeness (QED) is 0.615. The largest absolute Gasteiger partial charge is 0.494 e. The first-order valence-corrected chi connectivity index (χ1v) is 4.02. The fourth-order valence-electron chi connectivity index (χ4n) is 0.854. The maximum Gasteiger partial charge on any atom is 0.119 e. The Hall–Kier alpha value is -1.42. The van der Waals surface area contributed by atoms with Crippen molar-refractivity contribution in [3.8, 4) is 11.7 Å². The molecule has 0 aliphatic rings. The Morgan fingerprint density at radius 3 is 2.50 bits per heavy atom. The van der Waals surface area contributed by atoms with E-state index in [2.05, 4.69) is 12.8 Å². The molecule has 61 valence electrons. The standard InChI is InChI=1S/C11H11O/c1-3-9-12-11-7-5-10(4-2)6-8-11/h5-8H,3,9H2,1H3. The molecule has 0 saturated carbocycles. The molecular weight excluding hydrogens is 148 g/mol. The summed E-state index contributed by atoms with van der Waals surface area (Å²) in [6.07, 6.45) is 7.87. The van der Waals surface area contributed by atoms with Crippen molar-refractivity contribution in [3.63, 3.8) is 0 Å². The highest BCUT2D eigenvalue weighted by molar-refractivity contribution is 5.35. The molecule has 0 unspecified atom stereocenters. The van der Waals surface area contributed by atoms with Crippen molar-refractivity contribution in [2.75, 3.05) is 6.61 Å². The SMILES string of the molecule is [C]#Cc1ccc(OCCC)cc1. The normalized spacial score (nSPS) is 9.00. The van der Waals surface area contributed by atoms with Gasteiger partial charge in [-0.1, -0.05) is 12.8 Å². The van der Waals surface area contributed by atoms with E-state index >= 15 is 0 Å². The Morgan fingerprint density at radius 2 is 2.00 bits per heavy atom. The van der Waals surface area contributed by atoms with Crippen LogP contribution < -0.4 is 4.74 Å². The number of benzene rings is 1. The second kappa shape index (κ2) is 4.46. The van der Waals surface area contributed by atoms with Gasteiger partial charge in [0, 0.05) is 5.56 Å². The first kappa shape index (κ1) is 8.67. The van der Waals surface area contributed by atoms with Gasteiger partial charge in [0.25, 0.3) is 0 Å². The molecule has 0 aliphatic heterocycles. The topological polar surface area (TPSA) is 9.23 Å². The molecule has 0 heterocycles. The summed E-state index contributed by atoms with van der Waals surface area (Å²) < 4.78 is 5.37. The number of ether oxygens (including phenoxy) is 1. The number of hydrogen-bond acceptors (Lipinski definition) is 1. The maximum atomic E-state index is 6.86. The van der Waals surface area contributed by atoms with Crippen molar-refractivity contribution in [2.45, 2.75) is 13.3 Å². The summed E-state index contributed by atoms with van der Waals surface area (Å²) in [5.74, 6) is 3.16. The molecule has 1 nitrogen and oxygen atoms in total. The second-order valence-electron chi connectivity index (χ2n) is 2.50. The van der Waals surface area contributed by atoms with Crippen LogP contribution in [0.1, 0.15) is 18.9 Å². The van der Waals surface area contributed by atoms with E-state index in [1.807, 2.05) is 24.3 Å². The van der Waals surface area contributed by atoms with E-state index in [0.29, 0.717) is 0 Å². The average Bonchev–Trinajstić information content (AvgIpc) is 2.15. The van der Waals surface area contributed by atoms with Crippen LogP contribution in [-0.2, 0) is 0 Å². The van der Waals surface area contributed by atoms with Crippen molar-refractivity contribution in [2.24, 2.45) is 0 Å². The van der Waals surface area contributed by atoms with Crippen molar-refractivity contribution < 1.29 is 4.74 Å². The molecule has 1 radical (unpaired) electrons. The van der Waals surface area contributed by atoms with Crippen LogP contribution >= 0.6 is 0 Å². The van der Waals surface area contributed by atoms with Gasteiger partial charge in [0.1, 0.15) is 5.75 Å². The summed E-state index contributed by atoms with van der Waals surface area (Å²) in [4.78, 5) is 0. The van der Waals surface area contributed by atoms with E-state index in [1.165, 1.54) is 0 Å². The van der Waals surface area contributed by atoms with Crippen LogP contribution in [0.3, 0.4) is 0 Å². The van der Waals surface area contributed by atoms with Gasteiger partial charge in [-0.3, -0.25) is 0 Å². The lowest BCUT2D eigenvalue weighted by molar-refractivity contribution is 0.317. The highest BCUT2D eigenvalue weighted by atomic mass is 16.5. The molecule has 1 rings (SSSR count). The van der Waals surface area contributed by atoms with Gasteiger partial charge in [0.15, 0.2) is 0 Å².